The summed E-state index contributed by atoms with van der Waals surface area (Å²) in [4.78, 5) is 4.29. The summed E-state index contributed by atoms with van der Waals surface area (Å²) in [5.41, 5.74) is 10.7. The fourth-order valence-corrected chi connectivity index (χ4v) is 2.15. The fourth-order valence-electron chi connectivity index (χ4n) is 2.15. The molecule has 2 aromatic carbocycles. The number of rotatable bonds is 4. The summed E-state index contributed by atoms with van der Waals surface area (Å²) in [5.74, 6) is 0.689. The molecule has 0 spiro atoms. The van der Waals surface area contributed by atoms with E-state index in [-0.39, 0.29) is 0 Å². The van der Waals surface area contributed by atoms with Gasteiger partial charge in [-0.15, -0.1) is 0 Å². The summed E-state index contributed by atoms with van der Waals surface area (Å²) in [6, 6.07) is 14.2. The number of anilines is 1. The first-order valence-electron chi connectivity index (χ1n) is 6.63. The van der Waals surface area contributed by atoms with E-state index in [1.807, 2.05) is 25.1 Å². The first kappa shape index (κ1) is 12.7. The van der Waals surface area contributed by atoms with Gasteiger partial charge >= 0.3 is 0 Å². The SMILES string of the molecule is Cc1nc2ccc(NCc3ccc(CN)cc3)cc2o1. The molecule has 4 heteroatoms. The van der Waals surface area contributed by atoms with E-state index in [4.69, 9.17) is 10.2 Å². The molecule has 102 valence electrons. The smallest absolute Gasteiger partial charge is 0.192 e. The highest BCUT2D eigenvalue weighted by atomic mass is 16.3. The Morgan fingerprint density at radius 3 is 2.60 bits per heavy atom. The number of nitrogens with one attached hydrogen (secondary N) is 1. The Balaban J connectivity index is 1.72. The Kier molecular flexibility index (Phi) is 3.39. The van der Waals surface area contributed by atoms with Crippen molar-refractivity contribution < 1.29 is 4.42 Å². The van der Waals surface area contributed by atoms with Gasteiger partial charge in [0.15, 0.2) is 11.5 Å². The summed E-state index contributed by atoms with van der Waals surface area (Å²) in [6.07, 6.45) is 0. The molecule has 0 aliphatic rings. The van der Waals surface area contributed by atoms with Crippen molar-refractivity contribution in [2.75, 3.05) is 5.32 Å². The lowest BCUT2D eigenvalue weighted by molar-refractivity contribution is 0.561. The number of nitrogens with two attached hydrogens (primary N) is 1. The number of fused-ring (bicyclic) bond motifs is 1. The molecule has 0 aliphatic carbocycles. The van der Waals surface area contributed by atoms with Gasteiger partial charge in [0.05, 0.1) is 0 Å². The van der Waals surface area contributed by atoms with Crippen LogP contribution >= 0.6 is 0 Å². The lowest BCUT2D eigenvalue weighted by Crippen LogP contribution is -2.00. The molecular weight excluding hydrogens is 250 g/mol. The normalized spacial score (nSPS) is 10.9. The molecule has 0 atom stereocenters. The molecule has 3 aromatic rings. The van der Waals surface area contributed by atoms with Crippen LogP contribution in [0.15, 0.2) is 46.9 Å². The van der Waals surface area contributed by atoms with Crippen LogP contribution in [0.5, 0.6) is 0 Å². The second-order valence-electron chi connectivity index (χ2n) is 4.79. The lowest BCUT2D eigenvalue weighted by Gasteiger charge is -2.07. The fraction of sp³-hybridized carbons (Fsp3) is 0.188. The standard InChI is InChI=1S/C16H17N3O/c1-11-19-15-7-6-14(8-16(15)20-11)18-10-13-4-2-12(9-17)3-5-13/h2-8,18H,9-10,17H2,1H3. The number of hydrogen-bond acceptors (Lipinski definition) is 4. The molecule has 4 nitrogen and oxygen atoms in total. The number of oxazole rings is 1. The van der Waals surface area contributed by atoms with E-state index in [9.17, 15) is 0 Å². The molecule has 3 rings (SSSR count). The minimum atomic E-state index is 0.579. The van der Waals surface area contributed by atoms with E-state index in [1.54, 1.807) is 0 Å². The second-order valence-corrected chi connectivity index (χ2v) is 4.79. The number of aryl methyl sites for hydroxylation is 1. The van der Waals surface area contributed by atoms with Crippen LogP contribution in [0, 0.1) is 6.92 Å². The molecule has 0 bridgehead atoms. The first-order chi connectivity index (χ1) is 9.74. The van der Waals surface area contributed by atoms with Gasteiger partial charge in [0.1, 0.15) is 5.52 Å². The zero-order chi connectivity index (χ0) is 13.9. The van der Waals surface area contributed by atoms with Crippen LogP contribution in [0.4, 0.5) is 5.69 Å². The topological polar surface area (TPSA) is 64.1 Å². The average Bonchev–Trinajstić information content (AvgIpc) is 2.85. The molecule has 0 amide bonds. The van der Waals surface area contributed by atoms with Crippen molar-refractivity contribution in [2.45, 2.75) is 20.0 Å². The van der Waals surface area contributed by atoms with Crippen molar-refractivity contribution in [3.8, 4) is 0 Å². The van der Waals surface area contributed by atoms with Gasteiger partial charge in [0.2, 0.25) is 0 Å². The van der Waals surface area contributed by atoms with E-state index in [2.05, 4.69) is 34.6 Å². The van der Waals surface area contributed by atoms with Gasteiger partial charge in [-0.1, -0.05) is 24.3 Å². The van der Waals surface area contributed by atoms with Gasteiger partial charge in [0, 0.05) is 31.8 Å². The van der Waals surface area contributed by atoms with Crippen molar-refractivity contribution in [2.24, 2.45) is 5.73 Å². The zero-order valence-electron chi connectivity index (χ0n) is 11.4. The van der Waals surface area contributed by atoms with Crippen molar-refractivity contribution in [1.82, 2.24) is 4.98 Å². The maximum absolute atomic E-state index is 5.59. The minimum absolute atomic E-state index is 0.579. The summed E-state index contributed by atoms with van der Waals surface area (Å²) in [6.45, 7) is 3.20. The highest BCUT2D eigenvalue weighted by molar-refractivity contribution is 5.77. The van der Waals surface area contributed by atoms with Crippen molar-refractivity contribution in [3.63, 3.8) is 0 Å². The number of aromatic nitrogens is 1. The van der Waals surface area contributed by atoms with E-state index < -0.39 is 0 Å². The highest BCUT2D eigenvalue weighted by Crippen LogP contribution is 2.20. The summed E-state index contributed by atoms with van der Waals surface area (Å²) >= 11 is 0. The van der Waals surface area contributed by atoms with Gasteiger partial charge in [0.25, 0.3) is 0 Å². The summed E-state index contributed by atoms with van der Waals surface area (Å²) < 4.78 is 5.53. The lowest BCUT2D eigenvalue weighted by atomic mass is 10.1. The monoisotopic (exact) mass is 267 g/mol. The Morgan fingerprint density at radius 2 is 1.85 bits per heavy atom. The van der Waals surface area contributed by atoms with Gasteiger partial charge in [-0.3, -0.25) is 0 Å². The minimum Gasteiger partial charge on any atom is -0.441 e. The molecule has 0 saturated heterocycles. The van der Waals surface area contributed by atoms with Gasteiger partial charge in [-0.25, -0.2) is 4.98 Å². The molecular formula is C16H17N3O. The van der Waals surface area contributed by atoms with E-state index in [1.165, 1.54) is 5.56 Å². The molecule has 1 heterocycles. The Bertz CT molecular complexity index is 716. The second kappa shape index (κ2) is 5.35. The predicted octanol–water partition coefficient (Wildman–Crippen LogP) is 3.21. The van der Waals surface area contributed by atoms with Gasteiger partial charge in [-0.05, 0) is 23.3 Å². The van der Waals surface area contributed by atoms with Gasteiger partial charge in [-0.2, -0.15) is 0 Å². The number of benzene rings is 2. The third kappa shape index (κ3) is 2.65. The van der Waals surface area contributed by atoms with Crippen LogP contribution in [-0.4, -0.2) is 4.98 Å². The summed E-state index contributed by atoms with van der Waals surface area (Å²) in [7, 11) is 0. The van der Waals surface area contributed by atoms with E-state index in [0.29, 0.717) is 12.4 Å². The average molecular weight is 267 g/mol. The van der Waals surface area contributed by atoms with E-state index >= 15 is 0 Å². The third-order valence-electron chi connectivity index (χ3n) is 3.25. The Hall–Kier alpha value is -2.33. The summed E-state index contributed by atoms with van der Waals surface area (Å²) in [5, 5.41) is 3.38. The molecule has 20 heavy (non-hydrogen) atoms. The van der Waals surface area contributed by atoms with Crippen LogP contribution in [0.25, 0.3) is 11.1 Å². The Morgan fingerprint density at radius 1 is 1.10 bits per heavy atom. The first-order valence-corrected chi connectivity index (χ1v) is 6.63. The van der Waals surface area contributed by atoms with Gasteiger partial charge < -0.3 is 15.5 Å². The molecule has 0 radical (unpaired) electrons. The molecule has 1 aromatic heterocycles. The molecule has 0 saturated carbocycles. The number of hydrogen-bond donors (Lipinski definition) is 2. The third-order valence-corrected chi connectivity index (χ3v) is 3.25. The largest absolute Gasteiger partial charge is 0.441 e. The zero-order valence-corrected chi connectivity index (χ0v) is 11.4. The maximum Gasteiger partial charge on any atom is 0.192 e. The molecule has 0 unspecified atom stereocenters. The van der Waals surface area contributed by atoms with Crippen molar-refractivity contribution >= 4 is 16.8 Å². The van der Waals surface area contributed by atoms with Crippen LogP contribution < -0.4 is 11.1 Å². The van der Waals surface area contributed by atoms with Crippen LogP contribution in [-0.2, 0) is 13.1 Å². The molecule has 0 fully saturated rings. The van der Waals surface area contributed by atoms with Crippen LogP contribution in [0.3, 0.4) is 0 Å². The van der Waals surface area contributed by atoms with Crippen molar-refractivity contribution in [3.05, 3.63) is 59.5 Å². The predicted molar refractivity (Wildman–Crippen MR) is 80.4 cm³/mol. The Labute approximate surface area is 117 Å². The molecule has 0 aliphatic heterocycles. The van der Waals surface area contributed by atoms with Crippen LogP contribution in [0.2, 0.25) is 0 Å². The highest BCUT2D eigenvalue weighted by Gasteiger charge is 2.03. The van der Waals surface area contributed by atoms with Crippen molar-refractivity contribution in [1.29, 1.82) is 0 Å². The maximum atomic E-state index is 5.59. The van der Waals surface area contributed by atoms with E-state index in [0.717, 1.165) is 28.9 Å². The molecule has 3 N–H and O–H groups in total. The van der Waals surface area contributed by atoms with Crippen LogP contribution in [0.1, 0.15) is 17.0 Å². The quantitative estimate of drug-likeness (QED) is 0.762. The number of nitrogens with zero attached hydrogens (tertiary/aromatic N) is 1.